The van der Waals surface area contributed by atoms with Gasteiger partial charge in [0.1, 0.15) is 6.04 Å². The van der Waals surface area contributed by atoms with E-state index in [1.807, 2.05) is 6.07 Å². The van der Waals surface area contributed by atoms with Gasteiger partial charge in [-0.3, -0.25) is 9.36 Å². The van der Waals surface area contributed by atoms with E-state index in [0.29, 0.717) is 22.4 Å². The molecule has 114 valence electrons. The number of nitriles is 1. The van der Waals surface area contributed by atoms with Gasteiger partial charge in [-0.15, -0.1) is 0 Å². The molecule has 1 atom stereocenters. The largest absolute Gasteiger partial charge is 0.420 e. The van der Waals surface area contributed by atoms with Crippen LogP contribution in [0.25, 0.3) is 11.1 Å². The van der Waals surface area contributed by atoms with Gasteiger partial charge in [-0.2, -0.15) is 5.26 Å². The molecule has 0 spiro atoms. The minimum absolute atomic E-state index is 0.344. The molecule has 23 heavy (non-hydrogen) atoms. The summed E-state index contributed by atoms with van der Waals surface area (Å²) in [6, 6.07) is 14.7. The van der Waals surface area contributed by atoms with Crippen molar-refractivity contribution in [2.24, 2.45) is 0 Å². The van der Waals surface area contributed by atoms with Crippen LogP contribution in [-0.4, -0.2) is 10.5 Å². The quantitative estimate of drug-likeness (QED) is 0.805. The zero-order valence-electron chi connectivity index (χ0n) is 12.3. The van der Waals surface area contributed by atoms with Crippen molar-refractivity contribution in [1.82, 2.24) is 4.57 Å². The molecule has 0 radical (unpaired) electrons. The zero-order valence-corrected chi connectivity index (χ0v) is 12.3. The number of carbonyl (C=O) groups excluding carboxylic acids is 1. The normalized spacial score (nSPS) is 11.8. The Kier molecular flexibility index (Phi) is 3.69. The molecule has 0 saturated heterocycles. The first-order valence-electron chi connectivity index (χ1n) is 7.01. The summed E-state index contributed by atoms with van der Waals surface area (Å²) in [5.41, 5.74) is 2.07. The topological polar surface area (TPSA) is 88.0 Å². The van der Waals surface area contributed by atoms with Gasteiger partial charge in [0.05, 0.1) is 17.1 Å². The van der Waals surface area contributed by atoms with Crippen molar-refractivity contribution in [1.29, 1.82) is 5.26 Å². The van der Waals surface area contributed by atoms with Gasteiger partial charge in [0, 0.05) is 5.69 Å². The summed E-state index contributed by atoms with van der Waals surface area (Å²) in [7, 11) is 0. The number of aromatic nitrogens is 1. The molecule has 0 fully saturated rings. The molecule has 0 saturated carbocycles. The van der Waals surface area contributed by atoms with E-state index >= 15 is 0 Å². The molecule has 3 aromatic rings. The maximum Gasteiger partial charge on any atom is 0.420 e. The second-order valence-electron chi connectivity index (χ2n) is 5.06. The van der Waals surface area contributed by atoms with Crippen molar-refractivity contribution in [3.05, 3.63) is 64.6 Å². The van der Waals surface area contributed by atoms with Crippen molar-refractivity contribution >= 4 is 22.7 Å². The van der Waals surface area contributed by atoms with Crippen LogP contribution < -0.4 is 11.1 Å². The number of nitrogens with one attached hydrogen (secondary N) is 1. The van der Waals surface area contributed by atoms with Crippen LogP contribution in [0.15, 0.2) is 57.7 Å². The number of para-hydroxylation sites is 2. The smallest absolute Gasteiger partial charge is 0.408 e. The molecule has 1 aromatic heterocycles. The van der Waals surface area contributed by atoms with Crippen molar-refractivity contribution in [3.63, 3.8) is 0 Å². The van der Waals surface area contributed by atoms with Crippen LogP contribution >= 0.6 is 0 Å². The zero-order chi connectivity index (χ0) is 16.4. The molecule has 2 aromatic carbocycles. The van der Waals surface area contributed by atoms with Gasteiger partial charge in [-0.1, -0.05) is 12.1 Å². The van der Waals surface area contributed by atoms with Crippen LogP contribution in [0.3, 0.4) is 0 Å². The molecule has 1 heterocycles. The summed E-state index contributed by atoms with van der Waals surface area (Å²) >= 11 is 0. The highest BCUT2D eigenvalue weighted by molar-refractivity contribution is 5.94. The van der Waals surface area contributed by atoms with E-state index in [1.165, 1.54) is 4.57 Å². The van der Waals surface area contributed by atoms with Crippen LogP contribution in [0.5, 0.6) is 0 Å². The highest BCUT2D eigenvalue weighted by Gasteiger charge is 2.21. The summed E-state index contributed by atoms with van der Waals surface area (Å²) < 4.78 is 6.46. The Morgan fingerprint density at radius 1 is 1.22 bits per heavy atom. The molecule has 1 unspecified atom stereocenters. The first kappa shape index (κ1) is 14.6. The van der Waals surface area contributed by atoms with Gasteiger partial charge in [0.2, 0.25) is 5.91 Å². The molecule has 0 bridgehead atoms. The molecule has 0 aliphatic heterocycles. The molecule has 6 nitrogen and oxygen atoms in total. The van der Waals surface area contributed by atoms with Crippen molar-refractivity contribution in [2.45, 2.75) is 13.0 Å². The van der Waals surface area contributed by atoms with Crippen LogP contribution in [-0.2, 0) is 4.79 Å². The number of fused-ring (bicyclic) bond motifs is 1. The van der Waals surface area contributed by atoms with Gasteiger partial charge < -0.3 is 9.73 Å². The Morgan fingerprint density at radius 3 is 2.61 bits per heavy atom. The number of oxazole rings is 1. The molecular formula is C17H13N3O3. The van der Waals surface area contributed by atoms with Crippen molar-refractivity contribution in [2.75, 3.05) is 5.32 Å². The van der Waals surface area contributed by atoms with E-state index in [4.69, 9.17) is 9.68 Å². The lowest BCUT2D eigenvalue weighted by Gasteiger charge is -2.13. The van der Waals surface area contributed by atoms with Gasteiger partial charge in [0.25, 0.3) is 0 Å². The molecule has 3 rings (SSSR count). The van der Waals surface area contributed by atoms with Crippen LogP contribution in [0.2, 0.25) is 0 Å². The van der Waals surface area contributed by atoms with E-state index in [2.05, 4.69) is 5.32 Å². The molecule has 0 aliphatic carbocycles. The first-order chi connectivity index (χ1) is 11.1. The summed E-state index contributed by atoms with van der Waals surface area (Å²) in [4.78, 5) is 24.4. The second kappa shape index (κ2) is 5.81. The predicted octanol–water partition coefficient (Wildman–Crippen LogP) is 2.67. The van der Waals surface area contributed by atoms with Crippen molar-refractivity contribution < 1.29 is 9.21 Å². The number of benzene rings is 2. The highest BCUT2D eigenvalue weighted by atomic mass is 16.4. The summed E-state index contributed by atoms with van der Waals surface area (Å²) in [5.74, 6) is -0.919. The fourth-order valence-corrected chi connectivity index (χ4v) is 2.34. The average Bonchev–Trinajstić information content (AvgIpc) is 2.90. The Bertz CT molecular complexity index is 961. The minimum atomic E-state index is -0.734. The van der Waals surface area contributed by atoms with Gasteiger partial charge >= 0.3 is 5.76 Å². The number of amides is 1. The molecule has 1 N–H and O–H groups in total. The monoisotopic (exact) mass is 307 g/mol. The predicted molar refractivity (Wildman–Crippen MR) is 85.0 cm³/mol. The number of hydrogen-bond acceptors (Lipinski definition) is 4. The number of hydrogen-bond donors (Lipinski definition) is 1. The van der Waals surface area contributed by atoms with E-state index < -0.39 is 11.8 Å². The molecule has 0 aliphatic rings. The summed E-state index contributed by atoms with van der Waals surface area (Å²) in [6.07, 6.45) is 0. The van der Waals surface area contributed by atoms with Gasteiger partial charge in [-0.05, 0) is 43.3 Å². The van der Waals surface area contributed by atoms with E-state index in [1.54, 1.807) is 55.5 Å². The Hall–Kier alpha value is -3.33. The Labute approximate surface area is 131 Å². The molecular weight excluding hydrogens is 294 g/mol. The standard InChI is InChI=1S/C17H13N3O3/c1-11(16(21)19-13-8-6-12(10-18)7-9-13)20-14-4-2-3-5-15(14)23-17(20)22/h2-9,11H,1H3,(H,19,21). The van der Waals surface area contributed by atoms with Gasteiger partial charge in [0.15, 0.2) is 5.58 Å². The number of anilines is 1. The average molecular weight is 307 g/mol. The SMILES string of the molecule is CC(C(=O)Nc1ccc(C#N)cc1)n1c(=O)oc2ccccc21. The lowest BCUT2D eigenvalue weighted by molar-refractivity contribution is -0.118. The molecule has 6 heteroatoms. The Balaban J connectivity index is 1.88. The fourth-order valence-electron chi connectivity index (χ4n) is 2.34. The van der Waals surface area contributed by atoms with E-state index in [9.17, 15) is 9.59 Å². The third-order valence-corrected chi connectivity index (χ3v) is 3.57. The lowest BCUT2D eigenvalue weighted by atomic mass is 10.2. The third-order valence-electron chi connectivity index (χ3n) is 3.57. The first-order valence-corrected chi connectivity index (χ1v) is 7.01. The number of carbonyl (C=O) groups is 1. The summed E-state index contributed by atoms with van der Waals surface area (Å²) in [5, 5.41) is 11.5. The van der Waals surface area contributed by atoms with Crippen molar-refractivity contribution in [3.8, 4) is 6.07 Å². The third kappa shape index (κ3) is 2.72. The summed E-state index contributed by atoms with van der Waals surface area (Å²) in [6.45, 7) is 1.63. The minimum Gasteiger partial charge on any atom is -0.408 e. The number of rotatable bonds is 3. The molecule has 1 amide bonds. The maximum absolute atomic E-state index is 12.4. The lowest BCUT2D eigenvalue weighted by Crippen LogP contribution is -2.29. The highest BCUT2D eigenvalue weighted by Crippen LogP contribution is 2.18. The fraction of sp³-hybridized carbons (Fsp3) is 0.118. The van der Waals surface area contributed by atoms with Crippen LogP contribution in [0.1, 0.15) is 18.5 Å². The van der Waals surface area contributed by atoms with E-state index in [-0.39, 0.29) is 5.91 Å². The maximum atomic E-state index is 12.4. The Morgan fingerprint density at radius 2 is 1.91 bits per heavy atom. The van der Waals surface area contributed by atoms with Crippen LogP contribution in [0, 0.1) is 11.3 Å². The number of nitrogens with zero attached hydrogens (tertiary/aromatic N) is 2. The van der Waals surface area contributed by atoms with Gasteiger partial charge in [-0.25, -0.2) is 4.79 Å². The van der Waals surface area contributed by atoms with Crippen LogP contribution in [0.4, 0.5) is 5.69 Å². The van der Waals surface area contributed by atoms with E-state index in [0.717, 1.165) is 0 Å². The second-order valence-corrected chi connectivity index (χ2v) is 5.06.